The fourth-order valence-electron chi connectivity index (χ4n) is 5.47. The van der Waals surface area contributed by atoms with E-state index in [2.05, 4.69) is 26.1 Å². The number of carbonyl (C=O) groups is 1. The smallest absolute Gasteiger partial charge is 0.250 e. The second kappa shape index (κ2) is 5.87. The van der Waals surface area contributed by atoms with Gasteiger partial charge in [-0.15, -0.1) is 0 Å². The van der Waals surface area contributed by atoms with Gasteiger partial charge in [0.15, 0.2) is 0 Å². The Bertz CT molecular complexity index is 951. The molecule has 0 unspecified atom stereocenters. The predicted octanol–water partition coefficient (Wildman–Crippen LogP) is 3.50. The van der Waals surface area contributed by atoms with Crippen LogP contribution >= 0.6 is 15.9 Å². The molecular formula is C20H18BrN3O3. The van der Waals surface area contributed by atoms with Crippen molar-refractivity contribution >= 4 is 27.5 Å². The van der Waals surface area contributed by atoms with Gasteiger partial charge in [0.2, 0.25) is 6.04 Å². The van der Waals surface area contributed by atoms with Crippen molar-refractivity contribution in [2.45, 2.75) is 36.4 Å². The Hall–Kier alpha value is -2.25. The number of nitrogens with zero attached hydrogens (tertiary/aromatic N) is 2. The van der Waals surface area contributed by atoms with E-state index in [1.807, 2.05) is 48.5 Å². The van der Waals surface area contributed by atoms with Crippen LogP contribution in [-0.4, -0.2) is 34.4 Å². The molecule has 3 aliphatic heterocycles. The predicted molar refractivity (Wildman–Crippen MR) is 104 cm³/mol. The molecule has 0 saturated carbocycles. The second-order valence-electron chi connectivity index (χ2n) is 7.48. The summed E-state index contributed by atoms with van der Waals surface area (Å²) in [6.45, 7) is 0.692. The first kappa shape index (κ1) is 16.9. The lowest BCUT2D eigenvalue weighted by molar-refractivity contribution is -0.527. The highest BCUT2D eigenvalue weighted by atomic mass is 79.9. The van der Waals surface area contributed by atoms with Crippen molar-refractivity contribution in [3.8, 4) is 0 Å². The van der Waals surface area contributed by atoms with Gasteiger partial charge in [-0.3, -0.25) is 19.8 Å². The molecule has 2 saturated heterocycles. The monoisotopic (exact) mass is 427 g/mol. The Balaban J connectivity index is 1.82. The Morgan fingerprint density at radius 2 is 2.00 bits per heavy atom. The molecule has 138 valence electrons. The van der Waals surface area contributed by atoms with Gasteiger partial charge in [0, 0.05) is 27.2 Å². The number of fused-ring (bicyclic) bond motifs is 4. The van der Waals surface area contributed by atoms with Crippen LogP contribution in [0.25, 0.3) is 0 Å². The highest BCUT2D eigenvalue weighted by molar-refractivity contribution is 9.10. The minimum Gasteiger partial charge on any atom is -0.324 e. The van der Waals surface area contributed by atoms with Gasteiger partial charge < -0.3 is 5.32 Å². The maximum Gasteiger partial charge on any atom is 0.250 e. The standard InChI is InChI=1S/C20H18BrN3O3/c21-13-8-9-15-14(11-13)20(19(25)22-15)17(12-5-2-1-3-6-12)18(24(26)27)16-7-4-10-23(16)20/h1-3,5-6,8-9,11,16-18H,4,7,10H2,(H,22,25)/t16-,17-,18+,20+/m0/s1. The summed E-state index contributed by atoms with van der Waals surface area (Å²) in [5.41, 5.74) is 1.39. The van der Waals surface area contributed by atoms with Crippen molar-refractivity contribution < 1.29 is 9.72 Å². The van der Waals surface area contributed by atoms with Crippen LogP contribution in [0.2, 0.25) is 0 Å². The molecule has 2 aromatic carbocycles. The lowest BCUT2D eigenvalue weighted by Crippen LogP contribution is -2.50. The topological polar surface area (TPSA) is 75.5 Å². The molecule has 0 radical (unpaired) electrons. The van der Waals surface area contributed by atoms with E-state index in [9.17, 15) is 14.9 Å². The van der Waals surface area contributed by atoms with Crippen molar-refractivity contribution in [1.82, 2.24) is 4.90 Å². The van der Waals surface area contributed by atoms with Crippen LogP contribution < -0.4 is 5.32 Å². The summed E-state index contributed by atoms with van der Waals surface area (Å²) in [5.74, 6) is -0.685. The van der Waals surface area contributed by atoms with Crippen LogP contribution in [0.1, 0.15) is 29.9 Å². The van der Waals surface area contributed by atoms with Crippen molar-refractivity contribution in [2.75, 3.05) is 11.9 Å². The number of benzene rings is 2. The number of anilines is 1. The van der Waals surface area contributed by atoms with Gasteiger partial charge >= 0.3 is 0 Å². The maximum atomic E-state index is 13.5. The summed E-state index contributed by atoms with van der Waals surface area (Å²) in [6, 6.07) is 14.1. The number of hydrogen-bond acceptors (Lipinski definition) is 4. The SMILES string of the molecule is O=C1Nc2ccc(Br)cc2[C@@]12[C@@H](c1ccccc1)[C@H]([N+](=O)[O-])[C@@H]1CCCN12. The van der Waals surface area contributed by atoms with Crippen molar-refractivity contribution in [3.05, 3.63) is 74.2 Å². The van der Waals surface area contributed by atoms with Crippen LogP contribution in [0.15, 0.2) is 53.0 Å². The minimum absolute atomic E-state index is 0.152. The van der Waals surface area contributed by atoms with Crippen LogP contribution in [-0.2, 0) is 10.3 Å². The molecule has 0 bridgehead atoms. The third-order valence-corrected chi connectivity index (χ3v) is 6.82. The number of nitro groups is 1. The molecule has 7 heteroatoms. The van der Waals surface area contributed by atoms with E-state index in [1.165, 1.54) is 0 Å². The molecule has 6 nitrogen and oxygen atoms in total. The molecule has 27 heavy (non-hydrogen) atoms. The normalized spacial score (nSPS) is 31.7. The second-order valence-corrected chi connectivity index (χ2v) is 8.39. The summed E-state index contributed by atoms with van der Waals surface area (Å²) in [4.78, 5) is 27.6. The van der Waals surface area contributed by atoms with Crippen molar-refractivity contribution in [1.29, 1.82) is 0 Å². The molecule has 1 amide bonds. The Morgan fingerprint density at radius 3 is 2.74 bits per heavy atom. The maximum absolute atomic E-state index is 13.5. The first-order chi connectivity index (χ1) is 13.0. The highest BCUT2D eigenvalue weighted by Gasteiger charge is 2.71. The average molecular weight is 428 g/mol. The molecule has 0 aromatic heterocycles. The molecule has 3 aliphatic rings. The van der Waals surface area contributed by atoms with Crippen molar-refractivity contribution in [2.24, 2.45) is 0 Å². The van der Waals surface area contributed by atoms with Gasteiger partial charge in [-0.2, -0.15) is 0 Å². The third-order valence-electron chi connectivity index (χ3n) is 6.33. The zero-order valence-electron chi connectivity index (χ0n) is 14.5. The fourth-order valence-corrected chi connectivity index (χ4v) is 5.83. The van der Waals surface area contributed by atoms with Crippen LogP contribution in [0, 0.1) is 10.1 Å². The molecule has 1 N–H and O–H groups in total. The fraction of sp³-hybridized carbons (Fsp3) is 0.350. The Labute approximate surface area is 164 Å². The molecule has 3 heterocycles. The average Bonchev–Trinajstić information content (AvgIpc) is 3.30. The summed E-state index contributed by atoms with van der Waals surface area (Å²) < 4.78 is 0.865. The quantitative estimate of drug-likeness (QED) is 0.587. The number of carbonyl (C=O) groups excluding carboxylic acids is 1. The van der Waals surface area contributed by atoms with Gasteiger partial charge in [0.25, 0.3) is 5.91 Å². The van der Waals surface area contributed by atoms with Crippen molar-refractivity contribution in [3.63, 3.8) is 0 Å². The molecule has 4 atom stereocenters. The Morgan fingerprint density at radius 1 is 1.22 bits per heavy atom. The van der Waals surface area contributed by atoms with E-state index >= 15 is 0 Å². The van der Waals surface area contributed by atoms with Gasteiger partial charge in [-0.1, -0.05) is 46.3 Å². The number of rotatable bonds is 2. The molecule has 0 aliphatic carbocycles. The van der Waals surface area contributed by atoms with Gasteiger partial charge in [-0.05, 0) is 36.6 Å². The molecule has 1 spiro atoms. The first-order valence-electron chi connectivity index (χ1n) is 9.12. The number of halogens is 1. The van der Waals surface area contributed by atoms with E-state index in [1.54, 1.807) is 0 Å². The zero-order chi connectivity index (χ0) is 18.8. The molecule has 5 rings (SSSR count). The number of hydrogen-bond donors (Lipinski definition) is 1. The van der Waals surface area contributed by atoms with Crippen LogP contribution in [0.3, 0.4) is 0 Å². The van der Waals surface area contributed by atoms with E-state index in [-0.39, 0.29) is 16.9 Å². The third kappa shape index (κ3) is 2.12. The Kier molecular flexibility index (Phi) is 3.67. The highest BCUT2D eigenvalue weighted by Crippen LogP contribution is 2.59. The lowest BCUT2D eigenvalue weighted by atomic mass is 9.73. The minimum atomic E-state index is -1.04. The van der Waals surface area contributed by atoms with Gasteiger partial charge in [-0.25, -0.2) is 0 Å². The largest absolute Gasteiger partial charge is 0.324 e. The number of amides is 1. The number of nitrogens with one attached hydrogen (secondary N) is 1. The van der Waals surface area contributed by atoms with Gasteiger partial charge in [0.1, 0.15) is 5.54 Å². The summed E-state index contributed by atoms with van der Waals surface area (Å²) >= 11 is 3.52. The summed E-state index contributed by atoms with van der Waals surface area (Å²) in [7, 11) is 0. The lowest BCUT2D eigenvalue weighted by Gasteiger charge is -2.36. The van der Waals surface area contributed by atoms with E-state index < -0.39 is 17.5 Å². The molecule has 2 fully saturated rings. The molecule has 2 aromatic rings. The van der Waals surface area contributed by atoms with Gasteiger partial charge in [0.05, 0.1) is 12.0 Å². The van der Waals surface area contributed by atoms with Crippen LogP contribution in [0.4, 0.5) is 5.69 Å². The molecular weight excluding hydrogens is 410 g/mol. The van der Waals surface area contributed by atoms with E-state index in [0.717, 1.165) is 34.1 Å². The van der Waals surface area contributed by atoms with E-state index in [4.69, 9.17) is 0 Å². The van der Waals surface area contributed by atoms with E-state index in [0.29, 0.717) is 6.54 Å². The summed E-state index contributed by atoms with van der Waals surface area (Å²) in [5, 5.41) is 15.2. The first-order valence-corrected chi connectivity index (χ1v) is 9.91. The van der Waals surface area contributed by atoms with Crippen LogP contribution in [0.5, 0.6) is 0 Å². The zero-order valence-corrected chi connectivity index (χ0v) is 16.1. The summed E-state index contributed by atoms with van der Waals surface area (Å²) in [6.07, 6.45) is 1.61.